The number of hydrogen-bond acceptors (Lipinski definition) is 3. The van der Waals surface area contributed by atoms with Gasteiger partial charge in [-0.15, -0.1) is 0 Å². The predicted octanol–water partition coefficient (Wildman–Crippen LogP) is 3.84. The minimum Gasteiger partial charge on any atom is -0.484 e. The molecule has 29 heavy (non-hydrogen) atoms. The first kappa shape index (κ1) is 22.4. The molecule has 6 heteroatoms. The highest BCUT2D eigenvalue weighted by Gasteiger charge is 2.27. The van der Waals surface area contributed by atoms with Gasteiger partial charge in [0.15, 0.2) is 6.61 Å². The van der Waals surface area contributed by atoms with Crippen molar-refractivity contribution in [3.63, 3.8) is 0 Å². The number of rotatable bonds is 9. The van der Waals surface area contributed by atoms with Gasteiger partial charge in [0.25, 0.3) is 5.91 Å². The second-order valence-corrected chi connectivity index (χ2v) is 7.21. The van der Waals surface area contributed by atoms with E-state index in [0.29, 0.717) is 11.3 Å². The van der Waals surface area contributed by atoms with E-state index in [9.17, 15) is 14.0 Å². The zero-order chi connectivity index (χ0) is 21.4. The molecular formula is C23H29FN2O3. The van der Waals surface area contributed by atoms with E-state index < -0.39 is 11.9 Å². The molecule has 0 heterocycles. The van der Waals surface area contributed by atoms with Crippen LogP contribution in [0.15, 0.2) is 48.5 Å². The van der Waals surface area contributed by atoms with Gasteiger partial charge in [-0.05, 0) is 45.4 Å². The molecule has 2 rings (SSSR count). The summed E-state index contributed by atoms with van der Waals surface area (Å²) in [4.78, 5) is 26.9. The van der Waals surface area contributed by atoms with Crippen LogP contribution in [0.25, 0.3) is 0 Å². The van der Waals surface area contributed by atoms with Gasteiger partial charge >= 0.3 is 0 Å². The Balaban J connectivity index is 2.15. The summed E-state index contributed by atoms with van der Waals surface area (Å²) in [6.07, 6.45) is 0.774. The van der Waals surface area contributed by atoms with Crippen molar-refractivity contribution >= 4 is 11.8 Å². The molecular weight excluding hydrogens is 371 g/mol. The van der Waals surface area contributed by atoms with Gasteiger partial charge < -0.3 is 15.0 Å². The van der Waals surface area contributed by atoms with Crippen molar-refractivity contribution in [1.29, 1.82) is 0 Å². The van der Waals surface area contributed by atoms with Crippen LogP contribution in [0.2, 0.25) is 0 Å². The Morgan fingerprint density at radius 1 is 1.10 bits per heavy atom. The SMILES string of the molecule is CC[C@H](C)NC(=O)[C@@H](C)N(Cc1ccccc1F)C(=O)COc1ccc(C)cc1. The molecule has 5 nitrogen and oxygen atoms in total. The third-order valence-electron chi connectivity index (χ3n) is 4.85. The average molecular weight is 400 g/mol. The minimum absolute atomic E-state index is 0.0147. The molecule has 0 aliphatic carbocycles. The highest BCUT2D eigenvalue weighted by atomic mass is 19.1. The Labute approximate surface area is 171 Å². The lowest BCUT2D eigenvalue weighted by molar-refractivity contribution is -0.142. The van der Waals surface area contributed by atoms with Crippen molar-refractivity contribution in [2.24, 2.45) is 0 Å². The Hall–Kier alpha value is -2.89. The normalized spacial score (nSPS) is 12.7. The van der Waals surface area contributed by atoms with Crippen molar-refractivity contribution in [3.05, 3.63) is 65.5 Å². The van der Waals surface area contributed by atoms with Gasteiger partial charge in [0, 0.05) is 18.2 Å². The second-order valence-electron chi connectivity index (χ2n) is 7.21. The Morgan fingerprint density at radius 3 is 2.38 bits per heavy atom. The van der Waals surface area contributed by atoms with Crippen LogP contribution < -0.4 is 10.1 Å². The maximum Gasteiger partial charge on any atom is 0.261 e. The molecule has 0 saturated heterocycles. The number of carbonyl (C=O) groups excluding carboxylic acids is 2. The molecule has 0 aliphatic heterocycles. The number of ether oxygens (including phenoxy) is 1. The molecule has 2 aromatic carbocycles. The lowest BCUT2D eigenvalue weighted by Crippen LogP contribution is -2.50. The molecule has 0 spiro atoms. The van der Waals surface area contributed by atoms with Crippen LogP contribution in [0, 0.1) is 12.7 Å². The summed E-state index contributed by atoms with van der Waals surface area (Å²) in [5.74, 6) is -0.522. The lowest BCUT2D eigenvalue weighted by Gasteiger charge is -2.29. The Morgan fingerprint density at radius 2 is 1.76 bits per heavy atom. The summed E-state index contributed by atoms with van der Waals surface area (Å²) in [6.45, 7) is 7.21. The van der Waals surface area contributed by atoms with Crippen LogP contribution in [0.4, 0.5) is 4.39 Å². The van der Waals surface area contributed by atoms with Gasteiger partial charge in [0.1, 0.15) is 17.6 Å². The van der Waals surface area contributed by atoms with Crippen LogP contribution in [0.5, 0.6) is 5.75 Å². The largest absolute Gasteiger partial charge is 0.484 e. The van der Waals surface area contributed by atoms with E-state index in [-0.39, 0.29) is 31.0 Å². The zero-order valence-corrected chi connectivity index (χ0v) is 17.4. The van der Waals surface area contributed by atoms with Crippen molar-refractivity contribution in [3.8, 4) is 5.75 Å². The molecule has 0 aliphatic rings. The number of halogens is 1. The van der Waals surface area contributed by atoms with Crippen LogP contribution in [-0.4, -0.2) is 35.4 Å². The summed E-state index contributed by atoms with van der Waals surface area (Å²) in [5, 5.41) is 2.88. The van der Waals surface area contributed by atoms with Crippen molar-refractivity contribution in [2.75, 3.05) is 6.61 Å². The fourth-order valence-corrected chi connectivity index (χ4v) is 2.72. The first-order valence-electron chi connectivity index (χ1n) is 9.84. The highest BCUT2D eigenvalue weighted by Crippen LogP contribution is 2.15. The summed E-state index contributed by atoms with van der Waals surface area (Å²) >= 11 is 0. The van der Waals surface area contributed by atoms with Gasteiger partial charge in [-0.1, -0.05) is 42.8 Å². The van der Waals surface area contributed by atoms with Crippen molar-refractivity contribution in [1.82, 2.24) is 10.2 Å². The van der Waals surface area contributed by atoms with E-state index in [1.807, 2.05) is 32.9 Å². The maximum atomic E-state index is 14.2. The molecule has 156 valence electrons. The molecule has 1 N–H and O–H groups in total. The molecule has 0 radical (unpaired) electrons. The average Bonchev–Trinajstić information content (AvgIpc) is 2.71. The molecule has 2 amide bonds. The van der Waals surface area contributed by atoms with E-state index in [1.54, 1.807) is 37.3 Å². The van der Waals surface area contributed by atoms with Gasteiger partial charge in [-0.3, -0.25) is 9.59 Å². The quantitative estimate of drug-likeness (QED) is 0.696. The number of amides is 2. The van der Waals surface area contributed by atoms with E-state index in [0.717, 1.165) is 12.0 Å². The molecule has 0 aromatic heterocycles. The number of aryl methyl sites for hydroxylation is 1. The second kappa shape index (κ2) is 10.6. The number of benzene rings is 2. The summed E-state index contributed by atoms with van der Waals surface area (Å²) in [6, 6.07) is 12.8. The third-order valence-corrected chi connectivity index (χ3v) is 4.85. The molecule has 2 atom stereocenters. The monoisotopic (exact) mass is 400 g/mol. The fraction of sp³-hybridized carbons (Fsp3) is 0.391. The molecule has 2 aromatic rings. The molecule has 0 bridgehead atoms. The number of nitrogens with one attached hydrogen (secondary N) is 1. The summed E-state index contributed by atoms with van der Waals surface area (Å²) in [7, 11) is 0. The van der Waals surface area contributed by atoms with E-state index >= 15 is 0 Å². The van der Waals surface area contributed by atoms with Crippen molar-refractivity contribution < 1.29 is 18.7 Å². The molecule has 0 saturated carbocycles. The fourth-order valence-electron chi connectivity index (χ4n) is 2.72. The predicted molar refractivity (Wildman–Crippen MR) is 111 cm³/mol. The van der Waals surface area contributed by atoms with Crippen LogP contribution in [0.3, 0.4) is 0 Å². The summed E-state index contributed by atoms with van der Waals surface area (Å²) in [5.41, 5.74) is 1.43. The maximum absolute atomic E-state index is 14.2. The molecule has 0 unspecified atom stereocenters. The number of carbonyl (C=O) groups is 2. The minimum atomic E-state index is -0.766. The topological polar surface area (TPSA) is 58.6 Å². The summed E-state index contributed by atoms with van der Waals surface area (Å²) < 4.78 is 19.7. The lowest BCUT2D eigenvalue weighted by atomic mass is 10.1. The first-order chi connectivity index (χ1) is 13.8. The third kappa shape index (κ3) is 6.59. The highest BCUT2D eigenvalue weighted by molar-refractivity contribution is 5.88. The first-order valence-corrected chi connectivity index (χ1v) is 9.84. The Bertz CT molecular complexity index is 823. The van der Waals surface area contributed by atoms with Gasteiger partial charge in [0.05, 0.1) is 0 Å². The van der Waals surface area contributed by atoms with Gasteiger partial charge in [-0.25, -0.2) is 4.39 Å². The van der Waals surface area contributed by atoms with Crippen LogP contribution >= 0.6 is 0 Å². The standard InChI is InChI=1S/C23H29FN2O3/c1-5-17(3)25-23(28)18(4)26(14-19-8-6-7-9-21(19)24)22(27)15-29-20-12-10-16(2)11-13-20/h6-13,17-18H,5,14-15H2,1-4H3,(H,25,28)/t17-,18+/m0/s1. The van der Waals surface area contributed by atoms with E-state index in [1.165, 1.54) is 11.0 Å². The van der Waals surface area contributed by atoms with E-state index in [2.05, 4.69) is 5.32 Å². The van der Waals surface area contributed by atoms with Gasteiger partial charge in [0.2, 0.25) is 5.91 Å². The van der Waals surface area contributed by atoms with Crippen molar-refractivity contribution in [2.45, 2.75) is 52.7 Å². The van der Waals surface area contributed by atoms with Crippen LogP contribution in [-0.2, 0) is 16.1 Å². The molecule has 0 fully saturated rings. The zero-order valence-electron chi connectivity index (χ0n) is 17.4. The smallest absolute Gasteiger partial charge is 0.261 e. The van der Waals surface area contributed by atoms with Gasteiger partial charge in [-0.2, -0.15) is 0 Å². The van der Waals surface area contributed by atoms with E-state index in [4.69, 9.17) is 4.74 Å². The Kier molecular flexibility index (Phi) is 8.19. The number of hydrogen-bond donors (Lipinski definition) is 1. The van der Waals surface area contributed by atoms with Crippen LogP contribution in [0.1, 0.15) is 38.3 Å². The number of nitrogens with zero attached hydrogens (tertiary/aromatic N) is 1.